The van der Waals surface area contributed by atoms with Crippen LogP contribution in [-0.4, -0.2) is 37.5 Å². The lowest BCUT2D eigenvalue weighted by Crippen LogP contribution is -2.18. The average molecular weight is 243 g/mol. The van der Waals surface area contributed by atoms with Gasteiger partial charge in [0, 0.05) is 20.8 Å². The molecule has 0 aliphatic carbocycles. The molecule has 98 valence electrons. The normalized spacial score (nSPS) is 12.9. The van der Waals surface area contributed by atoms with Gasteiger partial charge in [-0.1, -0.05) is 18.5 Å². The SMILES string of the molecule is CCCC(OC)c1noc(CNCCOC)n1. The van der Waals surface area contributed by atoms with Crippen molar-refractivity contribution in [2.75, 3.05) is 27.4 Å². The molecule has 0 aliphatic rings. The summed E-state index contributed by atoms with van der Waals surface area (Å²) in [6.07, 6.45) is 1.84. The van der Waals surface area contributed by atoms with Gasteiger partial charge in [0.25, 0.3) is 0 Å². The third-order valence-electron chi connectivity index (χ3n) is 2.37. The lowest BCUT2D eigenvalue weighted by molar-refractivity contribution is 0.0854. The highest BCUT2D eigenvalue weighted by molar-refractivity contribution is 4.91. The van der Waals surface area contributed by atoms with E-state index in [1.54, 1.807) is 14.2 Å². The molecule has 6 heteroatoms. The second-order valence-corrected chi connectivity index (χ2v) is 3.73. The minimum Gasteiger partial charge on any atom is -0.383 e. The first-order valence-corrected chi connectivity index (χ1v) is 5.86. The standard InChI is InChI=1S/C11H21N3O3/c1-4-5-9(16-3)11-13-10(17-14-11)8-12-6-7-15-2/h9,12H,4-8H2,1-3H3. The molecule has 1 atom stereocenters. The van der Waals surface area contributed by atoms with Gasteiger partial charge < -0.3 is 19.3 Å². The molecule has 1 rings (SSSR count). The largest absolute Gasteiger partial charge is 0.383 e. The van der Waals surface area contributed by atoms with Crippen LogP contribution in [0.3, 0.4) is 0 Å². The van der Waals surface area contributed by atoms with Gasteiger partial charge in [-0.15, -0.1) is 0 Å². The van der Waals surface area contributed by atoms with Crippen molar-refractivity contribution in [3.63, 3.8) is 0 Å². The van der Waals surface area contributed by atoms with Crippen LogP contribution in [0, 0.1) is 0 Å². The minimum atomic E-state index is -0.0727. The highest BCUT2D eigenvalue weighted by Gasteiger charge is 2.16. The molecular formula is C11H21N3O3. The average Bonchev–Trinajstić information content (AvgIpc) is 2.80. The summed E-state index contributed by atoms with van der Waals surface area (Å²) in [6, 6.07) is 0. The van der Waals surface area contributed by atoms with Gasteiger partial charge in [-0.2, -0.15) is 4.98 Å². The maximum absolute atomic E-state index is 5.31. The Bertz CT molecular complexity index is 304. The molecule has 1 aromatic heterocycles. The van der Waals surface area contributed by atoms with Gasteiger partial charge in [0.2, 0.25) is 11.7 Å². The predicted octanol–water partition coefficient (Wildman–Crippen LogP) is 1.29. The van der Waals surface area contributed by atoms with E-state index in [2.05, 4.69) is 22.4 Å². The molecule has 1 N–H and O–H groups in total. The van der Waals surface area contributed by atoms with Crippen LogP contribution in [0.5, 0.6) is 0 Å². The van der Waals surface area contributed by atoms with Crippen LogP contribution < -0.4 is 5.32 Å². The van der Waals surface area contributed by atoms with Crippen molar-refractivity contribution in [2.45, 2.75) is 32.4 Å². The number of hydrogen-bond acceptors (Lipinski definition) is 6. The van der Waals surface area contributed by atoms with Crippen LogP contribution in [0.15, 0.2) is 4.52 Å². The second kappa shape index (κ2) is 8.16. The van der Waals surface area contributed by atoms with Crippen LogP contribution in [0.1, 0.15) is 37.6 Å². The second-order valence-electron chi connectivity index (χ2n) is 3.73. The van der Waals surface area contributed by atoms with E-state index in [0.717, 1.165) is 19.4 Å². The number of nitrogens with one attached hydrogen (secondary N) is 1. The molecule has 0 saturated heterocycles. The highest BCUT2D eigenvalue weighted by atomic mass is 16.5. The molecule has 1 aromatic rings. The molecule has 1 unspecified atom stereocenters. The number of rotatable bonds is 9. The summed E-state index contributed by atoms with van der Waals surface area (Å²) in [7, 11) is 3.33. The van der Waals surface area contributed by atoms with Crippen molar-refractivity contribution in [3.8, 4) is 0 Å². The van der Waals surface area contributed by atoms with E-state index >= 15 is 0 Å². The third-order valence-corrected chi connectivity index (χ3v) is 2.37. The summed E-state index contributed by atoms with van der Waals surface area (Å²) in [5.74, 6) is 1.20. The minimum absolute atomic E-state index is 0.0727. The Kier molecular flexibility index (Phi) is 6.76. The van der Waals surface area contributed by atoms with E-state index in [0.29, 0.717) is 24.9 Å². The van der Waals surface area contributed by atoms with Crippen LogP contribution >= 0.6 is 0 Å². The number of aromatic nitrogens is 2. The Morgan fingerprint density at radius 2 is 2.24 bits per heavy atom. The molecule has 6 nitrogen and oxygen atoms in total. The van der Waals surface area contributed by atoms with Crippen LogP contribution in [-0.2, 0) is 16.0 Å². The first-order valence-electron chi connectivity index (χ1n) is 5.86. The molecule has 0 radical (unpaired) electrons. The van der Waals surface area contributed by atoms with E-state index < -0.39 is 0 Å². The molecule has 0 spiro atoms. The van der Waals surface area contributed by atoms with Crippen molar-refractivity contribution in [2.24, 2.45) is 0 Å². The smallest absolute Gasteiger partial charge is 0.240 e. The number of hydrogen-bond donors (Lipinski definition) is 1. The number of methoxy groups -OCH3 is 2. The molecule has 0 amide bonds. The molecule has 0 bridgehead atoms. The van der Waals surface area contributed by atoms with Crippen LogP contribution in [0.2, 0.25) is 0 Å². The summed E-state index contributed by atoms with van der Waals surface area (Å²) in [6.45, 7) is 4.08. The van der Waals surface area contributed by atoms with E-state index in [-0.39, 0.29) is 6.10 Å². The number of nitrogens with zero attached hydrogens (tertiary/aromatic N) is 2. The predicted molar refractivity (Wildman–Crippen MR) is 62.5 cm³/mol. The molecule has 0 fully saturated rings. The summed E-state index contributed by atoms with van der Waals surface area (Å²) in [4.78, 5) is 4.29. The van der Waals surface area contributed by atoms with Gasteiger partial charge in [0.1, 0.15) is 6.10 Å². The Balaban J connectivity index is 2.40. The van der Waals surface area contributed by atoms with Crippen molar-refractivity contribution in [3.05, 3.63) is 11.7 Å². The van der Waals surface area contributed by atoms with Gasteiger partial charge >= 0.3 is 0 Å². The zero-order valence-electron chi connectivity index (χ0n) is 10.7. The van der Waals surface area contributed by atoms with E-state index in [1.165, 1.54) is 0 Å². The third kappa shape index (κ3) is 4.80. The van der Waals surface area contributed by atoms with Crippen molar-refractivity contribution >= 4 is 0 Å². The van der Waals surface area contributed by atoms with Gasteiger partial charge in [-0.3, -0.25) is 0 Å². The van der Waals surface area contributed by atoms with E-state index in [9.17, 15) is 0 Å². The molecule has 0 aliphatic heterocycles. The molecule has 17 heavy (non-hydrogen) atoms. The lowest BCUT2D eigenvalue weighted by Gasteiger charge is -2.08. The topological polar surface area (TPSA) is 69.4 Å². The summed E-state index contributed by atoms with van der Waals surface area (Å²) in [5.41, 5.74) is 0. The molecular weight excluding hydrogens is 222 g/mol. The molecule has 0 aromatic carbocycles. The molecule has 1 heterocycles. The summed E-state index contributed by atoms with van der Waals surface area (Å²) >= 11 is 0. The van der Waals surface area contributed by atoms with Crippen LogP contribution in [0.4, 0.5) is 0 Å². The van der Waals surface area contributed by atoms with Crippen molar-refractivity contribution in [1.82, 2.24) is 15.5 Å². The number of ether oxygens (including phenoxy) is 2. The first kappa shape index (κ1) is 14.1. The fourth-order valence-electron chi connectivity index (χ4n) is 1.45. The van der Waals surface area contributed by atoms with Gasteiger partial charge in [-0.05, 0) is 6.42 Å². The summed E-state index contributed by atoms with van der Waals surface area (Å²) < 4.78 is 15.4. The maximum atomic E-state index is 5.31. The lowest BCUT2D eigenvalue weighted by atomic mass is 10.2. The zero-order chi connectivity index (χ0) is 12.5. The summed E-state index contributed by atoms with van der Waals surface area (Å²) in [5, 5.41) is 7.07. The zero-order valence-corrected chi connectivity index (χ0v) is 10.7. The quantitative estimate of drug-likeness (QED) is 0.659. The van der Waals surface area contributed by atoms with E-state index in [4.69, 9.17) is 14.0 Å². The Morgan fingerprint density at radius 3 is 2.88 bits per heavy atom. The van der Waals surface area contributed by atoms with Gasteiger partial charge in [0.15, 0.2) is 0 Å². The maximum Gasteiger partial charge on any atom is 0.240 e. The van der Waals surface area contributed by atoms with Gasteiger partial charge in [0.05, 0.1) is 13.2 Å². The Morgan fingerprint density at radius 1 is 1.41 bits per heavy atom. The Hall–Kier alpha value is -0.980. The fraction of sp³-hybridized carbons (Fsp3) is 0.818. The van der Waals surface area contributed by atoms with Gasteiger partial charge in [-0.25, -0.2) is 0 Å². The monoisotopic (exact) mass is 243 g/mol. The van der Waals surface area contributed by atoms with Crippen LogP contribution in [0.25, 0.3) is 0 Å². The first-order chi connectivity index (χ1) is 8.31. The van der Waals surface area contributed by atoms with Crippen molar-refractivity contribution < 1.29 is 14.0 Å². The Labute approximate surface area is 102 Å². The van der Waals surface area contributed by atoms with Crippen molar-refractivity contribution in [1.29, 1.82) is 0 Å². The fourth-order valence-corrected chi connectivity index (χ4v) is 1.45. The highest BCUT2D eigenvalue weighted by Crippen LogP contribution is 2.18. The van der Waals surface area contributed by atoms with E-state index in [1.807, 2.05) is 0 Å². The molecule has 0 saturated carbocycles.